The first-order chi connectivity index (χ1) is 12.4. The molecule has 2 aromatic carbocycles. The number of carbonyl (C=O) groups is 2. The number of rotatable bonds is 7. The molecule has 0 aliphatic carbocycles. The lowest BCUT2D eigenvalue weighted by Crippen LogP contribution is -2.31. The molecule has 0 spiro atoms. The van der Waals surface area contributed by atoms with E-state index in [1.54, 1.807) is 37.3 Å². The standard InChI is InChI=1S/C21H24N2O3/c1-5-10-22-21(25)18-8-6-7-9-19(18)23-20(24)16(4)26-17-12-14(2)11-15(3)13-17/h5-9,11-13,16H,1,10H2,2-4H3,(H,22,25)(H,23,24)/t16-/m1/s1. The van der Waals surface area contributed by atoms with Crippen molar-refractivity contribution in [1.29, 1.82) is 0 Å². The van der Waals surface area contributed by atoms with Crippen molar-refractivity contribution < 1.29 is 14.3 Å². The molecule has 2 aromatic rings. The molecule has 0 saturated carbocycles. The van der Waals surface area contributed by atoms with Gasteiger partial charge in [0.25, 0.3) is 11.8 Å². The summed E-state index contributed by atoms with van der Waals surface area (Å²) >= 11 is 0. The maximum Gasteiger partial charge on any atom is 0.265 e. The van der Waals surface area contributed by atoms with Crippen LogP contribution in [0.1, 0.15) is 28.4 Å². The first-order valence-electron chi connectivity index (χ1n) is 8.44. The summed E-state index contributed by atoms with van der Waals surface area (Å²) in [6.45, 7) is 9.55. The lowest BCUT2D eigenvalue weighted by Gasteiger charge is -2.17. The van der Waals surface area contributed by atoms with E-state index in [9.17, 15) is 9.59 Å². The van der Waals surface area contributed by atoms with Crippen LogP contribution in [0, 0.1) is 13.8 Å². The average molecular weight is 352 g/mol. The second-order valence-electron chi connectivity index (χ2n) is 6.12. The van der Waals surface area contributed by atoms with E-state index < -0.39 is 6.10 Å². The minimum atomic E-state index is -0.708. The fourth-order valence-electron chi connectivity index (χ4n) is 2.54. The second kappa shape index (κ2) is 8.85. The van der Waals surface area contributed by atoms with E-state index >= 15 is 0 Å². The molecule has 0 aromatic heterocycles. The fraction of sp³-hybridized carbons (Fsp3) is 0.238. The van der Waals surface area contributed by atoms with Gasteiger partial charge in [-0.05, 0) is 56.2 Å². The summed E-state index contributed by atoms with van der Waals surface area (Å²) in [6.07, 6.45) is 0.888. The van der Waals surface area contributed by atoms with Crippen molar-refractivity contribution in [2.24, 2.45) is 0 Å². The van der Waals surface area contributed by atoms with Crippen molar-refractivity contribution in [2.75, 3.05) is 11.9 Å². The van der Waals surface area contributed by atoms with Gasteiger partial charge in [0.15, 0.2) is 6.10 Å². The van der Waals surface area contributed by atoms with Gasteiger partial charge in [-0.1, -0.05) is 24.3 Å². The molecule has 0 aliphatic heterocycles. The highest BCUT2D eigenvalue weighted by atomic mass is 16.5. The van der Waals surface area contributed by atoms with E-state index in [1.807, 2.05) is 32.0 Å². The number of hydrogen-bond donors (Lipinski definition) is 2. The maximum atomic E-state index is 12.5. The third-order valence-corrected chi connectivity index (χ3v) is 3.71. The number of amides is 2. The van der Waals surface area contributed by atoms with Crippen LogP contribution in [0.25, 0.3) is 0 Å². The first-order valence-corrected chi connectivity index (χ1v) is 8.44. The van der Waals surface area contributed by atoms with E-state index in [2.05, 4.69) is 17.2 Å². The number of benzene rings is 2. The lowest BCUT2D eigenvalue weighted by atomic mass is 10.1. The van der Waals surface area contributed by atoms with Gasteiger partial charge >= 0.3 is 0 Å². The normalized spacial score (nSPS) is 11.3. The van der Waals surface area contributed by atoms with Crippen LogP contribution in [0.4, 0.5) is 5.69 Å². The smallest absolute Gasteiger partial charge is 0.265 e. The largest absolute Gasteiger partial charge is 0.481 e. The number of anilines is 1. The SMILES string of the molecule is C=CCNC(=O)c1ccccc1NC(=O)[C@@H](C)Oc1cc(C)cc(C)c1. The zero-order chi connectivity index (χ0) is 19.1. The first kappa shape index (κ1) is 19.2. The molecule has 5 nitrogen and oxygen atoms in total. The summed E-state index contributed by atoms with van der Waals surface area (Å²) < 4.78 is 5.75. The second-order valence-corrected chi connectivity index (χ2v) is 6.12. The molecule has 0 fully saturated rings. The predicted octanol–water partition coefficient (Wildman–Crippen LogP) is 3.63. The van der Waals surface area contributed by atoms with Gasteiger partial charge in [-0.15, -0.1) is 6.58 Å². The summed E-state index contributed by atoms with van der Waals surface area (Å²) in [5.74, 6) is 0.0407. The van der Waals surface area contributed by atoms with E-state index in [-0.39, 0.29) is 11.8 Å². The molecule has 0 aliphatic rings. The Hall–Kier alpha value is -3.08. The molecule has 0 saturated heterocycles. The zero-order valence-electron chi connectivity index (χ0n) is 15.3. The van der Waals surface area contributed by atoms with Gasteiger partial charge in [0.2, 0.25) is 0 Å². The molecular weight excluding hydrogens is 328 g/mol. The number of carbonyl (C=O) groups excluding carboxylic acids is 2. The average Bonchev–Trinajstić information content (AvgIpc) is 2.59. The number of aryl methyl sites for hydroxylation is 2. The van der Waals surface area contributed by atoms with Gasteiger partial charge in [-0.3, -0.25) is 9.59 Å². The monoisotopic (exact) mass is 352 g/mol. The summed E-state index contributed by atoms with van der Waals surface area (Å²) in [4.78, 5) is 24.7. The molecule has 26 heavy (non-hydrogen) atoms. The topological polar surface area (TPSA) is 67.4 Å². The Morgan fingerprint density at radius 3 is 2.46 bits per heavy atom. The van der Waals surface area contributed by atoms with Crippen LogP contribution >= 0.6 is 0 Å². The van der Waals surface area contributed by atoms with Crippen LogP contribution in [0.5, 0.6) is 5.75 Å². The van der Waals surface area contributed by atoms with Crippen LogP contribution < -0.4 is 15.4 Å². The number of ether oxygens (including phenoxy) is 1. The van der Waals surface area contributed by atoms with Gasteiger partial charge in [0, 0.05) is 6.54 Å². The molecule has 0 radical (unpaired) electrons. The summed E-state index contributed by atoms with van der Waals surface area (Å²) in [6, 6.07) is 12.6. The Labute approximate surface area is 154 Å². The van der Waals surface area contributed by atoms with Crippen molar-refractivity contribution >= 4 is 17.5 Å². The lowest BCUT2D eigenvalue weighted by molar-refractivity contribution is -0.122. The zero-order valence-corrected chi connectivity index (χ0v) is 15.3. The molecule has 2 amide bonds. The molecule has 5 heteroatoms. The van der Waals surface area contributed by atoms with Gasteiger partial charge in [0.1, 0.15) is 5.75 Å². The van der Waals surface area contributed by atoms with Crippen molar-refractivity contribution in [1.82, 2.24) is 5.32 Å². The van der Waals surface area contributed by atoms with Gasteiger partial charge in [0.05, 0.1) is 11.3 Å². The summed E-state index contributed by atoms with van der Waals surface area (Å²) in [5, 5.41) is 5.47. The Bertz CT molecular complexity index is 794. The van der Waals surface area contributed by atoms with Gasteiger partial charge in [-0.25, -0.2) is 0 Å². The molecule has 0 unspecified atom stereocenters. The summed E-state index contributed by atoms with van der Waals surface area (Å²) in [7, 11) is 0. The molecular formula is C21H24N2O3. The van der Waals surface area contributed by atoms with Gasteiger partial charge < -0.3 is 15.4 Å². The number of hydrogen-bond acceptors (Lipinski definition) is 3. The predicted molar refractivity (Wildman–Crippen MR) is 104 cm³/mol. The van der Waals surface area contributed by atoms with Gasteiger partial charge in [-0.2, -0.15) is 0 Å². The number of para-hydroxylation sites is 1. The molecule has 136 valence electrons. The summed E-state index contributed by atoms with van der Waals surface area (Å²) in [5.41, 5.74) is 2.96. The molecule has 2 N–H and O–H groups in total. The van der Waals surface area contributed by atoms with E-state index in [0.29, 0.717) is 23.5 Å². The molecule has 2 rings (SSSR count). The van der Waals surface area contributed by atoms with E-state index in [1.165, 1.54) is 0 Å². The van der Waals surface area contributed by atoms with Crippen molar-refractivity contribution in [3.63, 3.8) is 0 Å². The Kier molecular flexibility index (Phi) is 6.55. The van der Waals surface area contributed by atoms with Crippen LogP contribution in [0.3, 0.4) is 0 Å². The Morgan fingerprint density at radius 1 is 1.15 bits per heavy atom. The van der Waals surface area contributed by atoms with Crippen LogP contribution in [0.15, 0.2) is 55.1 Å². The van der Waals surface area contributed by atoms with Crippen molar-refractivity contribution in [3.8, 4) is 5.75 Å². The minimum Gasteiger partial charge on any atom is -0.481 e. The van der Waals surface area contributed by atoms with E-state index in [0.717, 1.165) is 11.1 Å². The third-order valence-electron chi connectivity index (χ3n) is 3.71. The Balaban J connectivity index is 2.09. The Morgan fingerprint density at radius 2 is 1.81 bits per heavy atom. The highest BCUT2D eigenvalue weighted by Crippen LogP contribution is 2.19. The van der Waals surface area contributed by atoms with Crippen molar-refractivity contribution in [3.05, 3.63) is 71.8 Å². The van der Waals surface area contributed by atoms with Crippen molar-refractivity contribution in [2.45, 2.75) is 26.9 Å². The molecule has 0 bridgehead atoms. The minimum absolute atomic E-state index is 0.274. The fourth-order valence-corrected chi connectivity index (χ4v) is 2.54. The highest BCUT2D eigenvalue weighted by Gasteiger charge is 2.18. The van der Waals surface area contributed by atoms with Crippen LogP contribution in [-0.4, -0.2) is 24.5 Å². The maximum absolute atomic E-state index is 12.5. The van der Waals surface area contributed by atoms with E-state index in [4.69, 9.17) is 4.74 Å². The van der Waals surface area contributed by atoms with Crippen LogP contribution in [-0.2, 0) is 4.79 Å². The third kappa shape index (κ3) is 5.21. The molecule has 1 atom stereocenters. The quantitative estimate of drug-likeness (QED) is 0.748. The van der Waals surface area contributed by atoms with Crippen LogP contribution in [0.2, 0.25) is 0 Å². The number of nitrogens with one attached hydrogen (secondary N) is 2. The highest BCUT2D eigenvalue weighted by molar-refractivity contribution is 6.04. The molecule has 0 heterocycles.